The number of thiazole rings is 1. The molecule has 3 aromatic heterocycles. The normalized spacial score (nSPS) is 11.9. The van der Waals surface area contributed by atoms with Gasteiger partial charge in [-0.2, -0.15) is 14.6 Å². The Kier molecular flexibility index (Phi) is 6.09. The van der Waals surface area contributed by atoms with Crippen LogP contribution in [0.1, 0.15) is 23.6 Å². The van der Waals surface area contributed by atoms with Crippen molar-refractivity contribution in [2.24, 2.45) is 0 Å². The molecular weight excluding hydrogens is 494 g/mol. The molecule has 0 saturated heterocycles. The Labute approximate surface area is 223 Å². The molecule has 0 atom stereocenters. The Morgan fingerprint density at radius 1 is 0.974 bits per heavy atom. The van der Waals surface area contributed by atoms with Crippen molar-refractivity contribution >= 4 is 22.4 Å². The highest BCUT2D eigenvalue weighted by Crippen LogP contribution is 2.30. The van der Waals surface area contributed by atoms with E-state index in [1.165, 1.54) is 15.9 Å². The Morgan fingerprint density at radius 2 is 1.76 bits per heavy atom. The number of nitrogens with zero attached hydrogens (tertiary/aromatic N) is 5. The average Bonchev–Trinajstić information content (AvgIpc) is 3.61. The molecular formula is C30H25N5O2S. The van der Waals surface area contributed by atoms with Gasteiger partial charge in [0.1, 0.15) is 11.4 Å². The van der Waals surface area contributed by atoms with E-state index < -0.39 is 0 Å². The van der Waals surface area contributed by atoms with Crippen molar-refractivity contribution in [3.63, 3.8) is 0 Å². The van der Waals surface area contributed by atoms with Crippen LogP contribution >= 0.6 is 11.3 Å². The summed E-state index contributed by atoms with van der Waals surface area (Å²) in [6, 6.07) is 23.9. The Morgan fingerprint density at radius 3 is 2.47 bits per heavy atom. The van der Waals surface area contributed by atoms with Gasteiger partial charge in [0.15, 0.2) is 5.82 Å². The van der Waals surface area contributed by atoms with Gasteiger partial charge in [0.05, 0.1) is 16.8 Å². The number of hydrogen-bond donors (Lipinski definition) is 0. The summed E-state index contributed by atoms with van der Waals surface area (Å²) in [7, 11) is 0. The third kappa shape index (κ3) is 4.39. The fraction of sp³-hybridized carbons (Fsp3) is 0.133. The van der Waals surface area contributed by atoms with Crippen LogP contribution < -0.4 is 14.8 Å². The quantitative estimate of drug-likeness (QED) is 0.301. The molecule has 0 aliphatic carbocycles. The standard InChI is InChI=1S/C30H25N5O2S/c1-4-37-24-14-15-25(20(3)16-24)27-22(18-34(32-27)23-8-6-5-7-9-23)17-26-29(36)35-30(38-26)31-28(33-35)21-12-10-19(2)11-13-21/h5-18H,4H2,1-3H3/b26-17-. The molecule has 0 radical (unpaired) electrons. The van der Waals surface area contributed by atoms with Crippen LogP contribution in [0.3, 0.4) is 0 Å². The van der Waals surface area contributed by atoms with E-state index in [4.69, 9.17) is 9.84 Å². The van der Waals surface area contributed by atoms with Gasteiger partial charge in [-0.25, -0.2) is 4.68 Å². The van der Waals surface area contributed by atoms with E-state index in [0.717, 1.165) is 44.9 Å². The van der Waals surface area contributed by atoms with Crippen molar-refractivity contribution in [3.05, 3.63) is 111 Å². The highest BCUT2D eigenvalue weighted by Gasteiger charge is 2.16. The Balaban J connectivity index is 1.48. The molecule has 8 heteroatoms. The monoisotopic (exact) mass is 519 g/mol. The van der Waals surface area contributed by atoms with Gasteiger partial charge in [0, 0.05) is 22.9 Å². The maximum atomic E-state index is 13.3. The summed E-state index contributed by atoms with van der Waals surface area (Å²) in [5, 5.41) is 9.42. The molecule has 0 N–H and O–H groups in total. The summed E-state index contributed by atoms with van der Waals surface area (Å²) in [5.41, 5.74) is 6.41. The van der Waals surface area contributed by atoms with E-state index in [-0.39, 0.29) is 5.56 Å². The van der Waals surface area contributed by atoms with Crippen LogP contribution in [-0.2, 0) is 0 Å². The molecule has 3 aromatic carbocycles. The van der Waals surface area contributed by atoms with E-state index >= 15 is 0 Å². The van der Waals surface area contributed by atoms with Crippen molar-refractivity contribution in [1.82, 2.24) is 24.4 Å². The number of ether oxygens (including phenoxy) is 1. The van der Waals surface area contributed by atoms with Crippen molar-refractivity contribution in [3.8, 4) is 34.1 Å². The third-order valence-corrected chi connectivity index (χ3v) is 7.26. The van der Waals surface area contributed by atoms with Gasteiger partial charge in [0.25, 0.3) is 5.56 Å². The van der Waals surface area contributed by atoms with Crippen molar-refractivity contribution in [1.29, 1.82) is 0 Å². The van der Waals surface area contributed by atoms with Gasteiger partial charge in [-0.3, -0.25) is 4.79 Å². The first-order valence-electron chi connectivity index (χ1n) is 12.4. The number of benzene rings is 3. The number of aromatic nitrogens is 5. The molecule has 3 heterocycles. The summed E-state index contributed by atoms with van der Waals surface area (Å²) in [5.74, 6) is 1.36. The fourth-order valence-electron chi connectivity index (χ4n) is 4.37. The van der Waals surface area contributed by atoms with E-state index in [1.54, 1.807) is 0 Å². The van der Waals surface area contributed by atoms with Gasteiger partial charge in [-0.05, 0) is 62.7 Å². The molecule has 188 valence electrons. The van der Waals surface area contributed by atoms with Gasteiger partial charge in [-0.1, -0.05) is 59.4 Å². The molecule has 0 aliphatic rings. The minimum absolute atomic E-state index is 0.197. The lowest BCUT2D eigenvalue weighted by atomic mass is 10.0. The smallest absolute Gasteiger partial charge is 0.291 e. The molecule has 0 spiro atoms. The van der Waals surface area contributed by atoms with Gasteiger partial charge in [0.2, 0.25) is 4.96 Å². The second-order valence-electron chi connectivity index (χ2n) is 9.03. The minimum atomic E-state index is -0.197. The zero-order valence-corrected chi connectivity index (χ0v) is 22.1. The number of fused-ring (bicyclic) bond motifs is 1. The van der Waals surface area contributed by atoms with Gasteiger partial charge < -0.3 is 4.74 Å². The molecule has 38 heavy (non-hydrogen) atoms. The molecule has 7 nitrogen and oxygen atoms in total. The predicted octanol–water partition coefficient (Wildman–Crippen LogP) is 5.23. The molecule has 0 aliphatic heterocycles. The third-order valence-electron chi connectivity index (χ3n) is 6.31. The second kappa shape index (κ2) is 9.72. The maximum Gasteiger partial charge on any atom is 0.291 e. The molecule has 6 aromatic rings. The average molecular weight is 520 g/mol. The number of para-hydroxylation sites is 1. The lowest BCUT2D eigenvalue weighted by molar-refractivity contribution is 0.340. The Hall–Kier alpha value is -4.56. The minimum Gasteiger partial charge on any atom is -0.494 e. The fourth-order valence-corrected chi connectivity index (χ4v) is 5.27. The van der Waals surface area contributed by atoms with E-state index in [0.29, 0.717) is 21.9 Å². The molecule has 0 unspecified atom stereocenters. The number of rotatable bonds is 6. The summed E-state index contributed by atoms with van der Waals surface area (Å²) < 4.78 is 9.45. The van der Waals surface area contributed by atoms with Crippen LogP contribution in [0.15, 0.2) is 83.8 Å². The first-order valence-corrected chi connectivity index (χ1v) is 13.2. The van der Waals surface area contributed by atoms with Crippen LogP contribution in [0.4, 0.5) is 0 Å². The topological polar surface area (TPSA) is 74.3 Å². The van der Waals surface area contributed by atoms with E-state index in [1.807, 2.05) is 111 Å². The molecule has 0 bridgehead atoms. The van der Waals surface area contributed by atoms with Crippen molar-refractivity contribution < 1.29 is 4.74 Å². The zero-order valence-electron chi connectivity index (χ0n) is 21.3. The molecule has 0 fully saturated rings. The first-order chi connectivity index (χ1) is 18.5. The number of hydrogen-bond acceptors (Lipinski definition) is 6. The highest BCUT2D eigenvalue weighted by atomic mass is 32.1. The van der Waals surface area contributed by atoms with Gasteiger partial charge >= 0.3 is 0 Å². The Bertz CT molecular complexity index is 1870. The van der Waals surface area contributed by atoms with Crippen LogP contribution in [0.2, 0.25) is 0 Å². The van der Waals surface area contributed by atoms with Crippen LogP contribution in [0.25, 0.3) is 39.4 Å². The lowest BCUT2D eigenvalue weighted by Gasteiger charge is -2.08. The second-order valence-corrected chi connectivity index (χ2v) is 10.0. The molecule has 6 rings (SSSR count). The SMILES string of the molecule is CCOc1ccc(-c2nn(-c3ccccc3)cc2/C=c2\sc3nc(-c4ccc(C)cc4)nn3c2=O)c(C)c1. The largest absolute Gasteiger partial charge is 0.494 e. The van der Waals surface area contributed by atoms with Crippen LogP contribution in [-0.4, -0.2) is 31.0 Å². The zero-order chi connectivity index (χ0) is 26.2. The number of aryl methyl sites for hydroxylation is 2. The van der Waals surface area contributed by atoms with Crippen molar-refractivity contribution in [2.75, 3.05) is 6.61 Å². The lowest BCUT2D eigenvalue weighted by Crippen LogP contribution is -2.23. The first kappa shape index (κ1) is 23.8. The molecule has 0 saturated carbocycles. The van der Waals surface area contributed by atoms with Crippen LogP contribution in [0.5, 0.6) is 5.75 Å². The highest BCUT2D eigenvalue weighted by molar-refractivity contribution is 7.15. The maximum absolute atomic E-state index is 13.3. The summed E-state index contributed by atoms with van der Waals surface area (Å²) in [6.45, 7) is 6.64. The molecule has 0 amide bonds. The van der Waals surface area contributed by atoms with Gasteiger partial charge in [-0.15, -0.1) is 5.10 Å². The predicted molar refractivity (Wildman–Crippen MR) is 151 cm³/mol. The van der Waals surface area contributed by atoms with Crippen molar-refractivity contribution in [2.45, 2.75) is 20.8 Å². The summed E-state index contributed by atoms with van der Waals surface area (Å²) in [4.78, 5) is 18.5. The summed E-state index contributed by atoms with van der Waals surface area (Å²) in [6.07, 6.45) is 3.83. The van der Waals surface area contributed by atoms with Crippen LogP contribution in [0, 0.1) is 13.8 Å². The summed E-state index contributed by atoms with van der Waals surface area (Å²) >= 11 is 1.32. The van der Waals surface area contributed by atoms with E-state index in [9.17, 15) is 4.79 Å². The van der Waals surface area contributed by atoms with E-state index in [2.05, 4.69) is 10.1 Å².